The van der Waals surface area contributed by atoms with Crippen molar-refractivity contribution in [1.82, 2.24) is 4.98 Å². The summed E-state index contributed by atoms with van der Waals surface area (Å²) in [6.07, 6.45) is 13.4. The number of unbranched alkanes of at least 4 members (excludes halogenated alkanes) is 5. The summed E-state index contributed by atoms with van der Waals surface area (Å²) in [7, 11) is 0. The van der Waals surface area contributed by atoms with Crippen LogP contribution in [0.15, 0.2) is 24.5 Å². The van der Waals surface area contributed by atoms with Gasteiger partial charge in [-0.15, -0.1) is 0 Å². The molecule has 0 radical (unpaired) electrons. The molecule has 1 aromatic heterocycles. The monoisotopic (exact) mass is 330 g/mol. The number of carbonyl (C=O) groups is 1. The molecule has 1 atom stereocenters. The number of hydrogen-bond acceptors (Lipinski definition) is 4. The van der Waals surface area contributed by atoms with Crippen molar-refractivity contribution in [3.05, 3.63) is 30.1 Å². The molecule has 0 N–H and O–H groups in total. The summed E-state index contributed by atoms with van der Waals surface area (Å²) in [6, 6.07) is 6.24. The van der Waals surface area contributed by atoms with E-state index in [0.717, 1.165) is 57.8 Å². The molecule has 0 aliphatic carbocycles. The Morgan fingerprint density at radius 3 is 2.58 bits per heavy atom. The van der Waals surface area contributed by atoms with E-state index in [0.29, 0.717) is 13.0 Å². The number of ether oxygens (including phenoxy) is 1. The molecular weight excluding hydrogens is 300 g/mol. The van der Waals surface area contributed by atoms with Crippen LogP contribution in [-0.4, -0.2) is 17.6 Å². The summed E-state index contributed by atoms with van der Waals surface area (Å²) in [4.78, 5) is 16.2. The molecule has 0 saturated carbocycles. The summed E-state index contributed by atoms with van der Waals surface area (Å²) in [5, 5.41) is 8.55. The summed E-state index contributed by atoms with van der Waals surface area (Å²) in [5.41, 5.74) is 1.27. The van der Waals surface area contributed by atoms with Crippen molar-refractivity contribution in [2.45, 2.75) is 71.1 Å². The first-order chi connectivity index (χ1) is 11.8. The van der Waals surface area contributed by atoms with Gasteiger partial charge in [-0.1, -0.05) is 31.7 Å². The molecule has 0 aliphatic rings. The highest BCUT2D eigenvalue weighted by Crippen LogP contribution is 2.20. The summed E-state index contributed by atoms with van der Waals surface area (Å²) >= 11 is 0. The third-order valence-corrected chi connectivity index (χ3v) is 4.20. The van der Waals surface area contributed by atoms with E-state index in [-0.39, 0.29) is 11.9 Å². The average molecular weight is 330 g/mol. The minimum Gasteiger partial charge on any atom is -0.466 e. The second-order valence-corrected chi connectivity index (χ2v) is 6.17. The van der Waals surface area contributed by atoms with Gasteiger partial charge >= 0.3 is 5.97 Å². The van der Waals surface area contributed by atoms with Gasteiger partial charge in [-0.05, 0) is 50.7 Å². The van der Waals surface area contributed by atoms with E-state index in [1.807, 2.05) is 19.2 Å². The van der Waals surface area contributed by atoms with Crippen LogP contribution >= 0.6 is 0 Å². The second kappa shape index (κ2) is 13.5. The molecule has 24 heavy (non-hydrogen) atoms. The first kappa shape index (κ1) is 20.2. The van der Waals surface area contributed by atoms with Crippen LogP contribution in [0.1, 0.15) is 70.3 Å². The molecule has 0 fully saturated rings. The molecule has 0 spiro atoms. The van der Waals surface area contributed by atoms with Crippen molar-refractivity contribution in [3.8, 4) is 6.07 Å². The number of aryl methyl sites for hydroxylation is 1. The molecule has 1 rings (SSSR count). The van der Waals surface area contributed by atoms with Crippen LogP contribution in [0.3, 0.4) is 0 Å². The number of aromatic nitrogens is 1. The highest BCUT2D eigenvalue weighted by atomic mass is 16.5. The van der Waals surface area contributed by atoms with E-state index in [9.17, 15) is 4.79 Å². The maximum atomic E-state index is 12.1. The van der Waals surface area contributed by atoms with Crippen molar-refractivity contribution in [1.29, 1.82) is 5.26 Å². The molecule has 0 saturated heterocycles. The van der Waals surface area contributed by atoms with Gasteiger partial charge in [0.05, 0.1) is 18.6 Å². The van der Waals surface area contributed by atoms with Gasteiger partial charge in [-0.2, -0.15) is 5.26 Å². The molecule has 1 aromatic rings. The molecule has 0 unspecified atom stereocenters. The van der Waals surface area contributed by atoms with E-state index >= 15 is 0 Å². The number of esters is 1. The van der Waals surface area contributed by atoms with Crippen molar-refractivity contribution in [3.63, 3.8) is 0 Å². The first-order valence-electron chi connectivity index (χ1n) is 9.20. The Bertz CT molecular complexity index is 482. The number of nitrogens with zero attached hydrogens (tertiary/aromatic N) is 2. The maximum absolute atomic E-state index is 12.1. The topological polar surface area (TPSA) is 63.0 Å². The molecule has 4 nitrogen and oxygen atoms in total. The van der Waals surface area contributed by atoms with Crippen molar-refractivity contribution in [2.75, 3.05) is 6.61 Å². The lowest BCUT2D eigenvalue weighted by Gasteiger charge is -2.15. The van der Waals surface area contributed by atoms with E-state index in [1.165, 1.54) is 5.56 Å². The smallest absolute Gasteiger partial charge is 0.308 e. The van der Waals surface area contributed by atoms with Crippen molar-refractivity contribution in [2.24, 2.45) is 5.92 Å². The summed E-state index contributed by atoms with van der Waals surface area (Å²) in [5.74, 6) is -0.0320. The third-order valence-electron chi connectivity index (χ3n) is 4.20. The number of pyridine rings is 1. The van der Waals surface area contributed by atoms with Crippen LogP contribution < -0.4 is 0 Å². The fourth-order valence-electron chi connectivity index (χ4n) is 2.85. The number of nitriles is 1. The summed E-state index contributed by atoms with van der Waals surface area (Å²) < 4.78 is 5.21. The predicted octanol–water partition coefficient (Wildman–Crippen LogP) is 4.84. The van der Waals surface area contributed by atoms with Gasteiger partial charge in [-0.25, -0.2) is 0 Å². The standard InChI is InChI=1S/C20H30N2O2/c1-2-24-20(23)19(13-7-3-4-9-15-21)14-8-5-6-11-18-12-10-16-22-17-18/h10,12,16-17,19H,2-9,11,13-14H2,1H3/t19-/m1/s1. The minimum atomic E-state index is -0.0509. The molecule has 0 amide bonds. The van der Waals surface area contributed by atoms with E-state index in [1.54, 1.807) is 6.20 Å². The zero-order chi connectivity index (χ0) is 17.5. The highest BCUT2D eigenvalue weighted by molar-refractivity contribution is 5.72. The Kier molecular flexibility index (Phi) is 11.4. The van der Waals surface area contributed by atoms with Crippen molar-refractivity contribution >= 4 is 5.97 Å². The van der Waals surface area contributed by atoms with Crippen LogP contribution in [0, 0.1) is 17.2 Å². The molecule has 4 heteroatoms. The fraction of sp³-hybridized carbons (Fsp3) is 0.650. The Morgan fingerprint density at radius 2 is 1.96 bits per heavy atom. The van der Waals surface area contributed by atoms with Crippen LogP contribution in [0.25, 0.3) is 0 Å². The number of hydrogen-bond donors (Lipinski definition) is 0. The largest absolute Gasteiger partial charge is 0.466 e. The van der Waals surface area contributed by atoms with E-state index in [4.69, 9.17) is 10.00 Å². The van der Waals surface area contributed by atoms with Crippen LogP contribution in [0.2, 0.25) is 0 Å². The first-order valence-corrected chi connectivity index (χ1v) is 9.20. The van der Waals surface area contributed by atoms with E-state index < -0.39 is 0 Å². The molecule has 0 aliphatic heterocycles. The van der Waals surface area contributed by atoms with Crippen LogP contribution in [0.4, 0.5) is 0 Å². The average Bonchev–Trinajstić information content (AvgIpc) is 2.60. The minimum absolute atomic E-state index is 0.0189. The lowest BCUT2D eigenvalue weighted by molar-refractivity contribution is -0.148. The predicted molar refractivity (Wildman–Crippen MR) is 95.2 cm³/mol. The van der Waals surface area contributed by atoms with Crippen LogP contribution in [-0.2, 0) is 16.0 Å². The van der Waals surface area contributed by atoms with Gasteiger partial charge in [0.1, 0.15) is 0 Å². The zero-order valence-electron chi connectivity index (χ0n) is 14.9. The summed E-state index contributed by atoms with van der Waals surface area (Å²) in [6.45, 7) is 2.31. The van der Waals surface area contributed by atoms with Gasteiger partial charge in [0, 0.05) is 18.8 Å². The van der Waals surface area contributed by atoms with Gasteiger partial charge in [0.15, 0.2) is 0 Å². The lowest BCUT2D eigenvalue weighted by atomic mass is 9.94. The molecule has 1 heterocycles. The highest BCUT2D eigenvalue weighted by Gasteiger charge is 2.18. The van der Waals surface area contributed by atoms with Gasteiger partial charge < -0.3 is 4.74 Å². The van der Waals surface area contributed by atoms with Gasteiger partial charge in [-0.3, -0.25) is 9.78 Å². The van der Waals surface area contributed by atoms with Crippen molar-refractivity contribution < 1.29 is 9.53 Å². The fourth-order valence-corrected chi connectivity index (χ4v) is 2.85. The maximum Gasteiger partial charge on any atom is 0.308 e. The number of carbonyl (C=O) groups excluding carboxylic acids is 1. The third kappa shape index (κ3) is 9.29. The zero-order valence-corrected chi connectivity index (χ0v) is 14.9. The van der Waals surface area contributed by atoms with Gasteiger partial charge in [0.2, 0.25) is 0 Å². The molecule has 132 valence electrons. The Hall–Kier alpha value is -1.89. The lowest BCUT2D eigenvalue weighted by Crippen LogP contribution is -2.18. The molecule has 0 aromatic carbocycles. The SMILES string of the molecule is CCOC(=O)[C@H](CCCCCC#N)CCCCCc1cccnc1. The molecular formula is C20H30N2O2. The van der Waals surface area contributed by atoms with Crippen LogP contribution in [0.5, 0.6) is 0 Å². The normalized spacial score (nSPS) is 11.7. The Balaban J connectivity index is 2.22. The van der Waals surface area contributed by atoms with E-state index in [2.05, 4.69) is 17.1 Å². The molecule has 0 bridgehead atoms. The number of rotatable bonds is 13. The quantitative estimate of drug-likeness (QED) is 0.383. The van der Waals surface area contributed by atoms with Gasteiger partial charge in [0.25, 0.3) is 0 Å². The Labute approximate surface area is 146 Å². The Morgan fingerprint density at radius 1 is 1.21 bits per heavy atom. The second-order valence-electron chi connectivity index (χ2n) is 6.17.